The van der Waals surface area contributed by atoms with Crippen LogP contribution in [0.2, 0.25) is 0 Å². The second kappa shape index (κ2) is 5.82. The predicted octanol–water partition coefficient (Wildman–Crippen LogP) is 0.626. The molecule has 0 aliphatic heterocycles. The first-order valence-corrected chi connectivity index (χ1v) is 3.90. The van der Waals surface area contributed by atoms with E-state index in [2.05, 4.69) is 24.8 Å². The zero-order valence-corrected chi connectivity index (χ0v) is 7.20. The van der Waals surface area contributed by atoms with Gasteiger partial charge in [-0.15, -0.1) is 0 Å². The predicted molar refractivity (Wildman–Crippen MR) is 47.8 cm³/mol. The molecule has 58 valence electrons. The molecule has 4 heteroatoms. The maximum absolute atomic E-state index is 9.98. The highest BCUT2D eigenvalue weighted by Crippen LogP contribution is 2.03. The molecule has 0 spiro atoms. The number of hydrogen-bond donors (Lipinski definition) is 2. The molecule has 0 aliphatic carbocycles. The third-order valence-electron chi connectivity index (χ3n) is 1.07. The highest BCUT2D eigenvalue weighted by Gasteiger charge is 2.01. The van der Waals surface area contributed by atoms with Gasteiger partial charge < -0.3 is 5.11 Å². The Morgan fingerprint density at radius 2 is 2.40 bits per heavy atom. The Labute approximate surface area is 71.0 Å². The van der Waals surface area contributed by atoms with Crippen LogP contribution < -0.4 is 0 Å². The summed E-state index contributed by atoms with van der Waals surface area (Å²) in [6.07, 6.45) is 1.87. The van der Waals surface area contributed by atoms with E-state index in [1.54, 1.807) is 0 Å². The van der Waals surface area contributed by atoms with Gasteiger partial charge in [0.25, 0.3) is 0 Å². The molecule has 0 unspecified atom stereocenters. The van der Waals surface area contributed by atoms with Gasteiger partial charge in [-0.1, -0.05) is 12.2 Å². The summed E-state index contributed by atoms with van der Waals surface area (Å²) in [7, 11) is 0. The summed E-state index contributed by atoms with van der Waals surface area (Å²) < 4.78 is 0. The van der Waals surface area contributed by atoms with Crippen molar-refractivity contribution < 1.29 is 9.90 Å². The number of carbonyl (C=O) groups is 1. The lowest BCUT2D eigenvalue weighted by Crippen LogP contribution is -2.07. The second-order valence-electron chi connectivity index (χ2n) is 1.96. The Morgan fingerprint density at radius 3 is 2.80 bits per heavy atom. The van der Waals surface area contributed by atoms with Gasteiger partial charge in [0.2, 0.25) is 0 Å². The molecule has 0 radical (unpaired) electrons. The third-order valence-corrected chi connectivity index (χ3v) is 1.79. The normalized spacial score (nSPS) is 12.6. The van der Waals surface area contributed by atoms with Gasteiger partial charge in [0.05, 0.1) is 11.5 Å². The minimum absolute atomic E-state index is 0.0323. The van der Waals surface area contributed by atoms with Gasteiger partial charge in [0.1, 0.15) is 0 Å². The highest BCUT2D eigenvalue weighted by molar-refractivity contribution is 7.82. The van der Waals surface area contributed by atoms with Gasteiger partial charge in [-0.25, -0.2) is 0 Å². The molecular formula is C6H10O2S2. The van der Waals surface area contributed by atoms with Gasteiger partial charge in [-0.3, -0.25) is 4.79 Å². The summed E-state index contributed by atoms with van der Waals surface area (Å²) >= 11 is 8.66. The molecule has 0 amide bonds. The fraction of sp³-hybridized carbons (Fsp3) is 0.667. The van der Waals surface area contributed by atoms with Crippen molar-refractivity contribution in [2.45, 2.75) is 18.1 Å². The van der Waals surface area contributed by atoms with Crippen LogP contribution in [0, 0.1) is 0 Å². The minimum Gasteiger partial charge on any atom is -0.395 e. The van der Waals surface area contributed by atoms with Gasteiger partial charge in [-0.05, 0) is 12.8 Å². The summed E-state index contributed by atoms with van der Waals surface area (Å²) in [5, 5.41) is 8.45. The topological polar surface area (TPSA) is 37.3 Å². The van der Waals surface area contributed by atoms with Gasteiger partial charge >= 0.3 is 0 Å². The summed E-state index contributed by atoms with van der Waals surface area (Å²) in [6, 6.07) is 0. The van der Waals surface area contributed by atoms with Crippen molar-refractivity contribution in [1.82, 2.24) is 0 Å². The summed E-state index contributed by atoms with van der Waals surface area (Å²) in [5.74, 6) is 0. The Balaban J connectivity index is 3.34. The molecule has 0 heterocycles. The molecule has 0 bridgehead atoms. The number of thiol groups is 1. The molecular weight excluding hydrogens is 168 g/mol. The first-order chi connectivity index (χ1) is 4.70. The Kier molecular flexibility index (Phi) is 5.87. The lowest BCUT2D eigenvalue weighted by Gasteiger charge is -2.03. The number of carbonyl (C=O) groups excluding carboxylic acids is 1. The molecule has 1 atom stereocenters. The highest BCUT2D eigenvalue weighted by atomic mass is 32.1. The number of thiocarbonyl (C=S) groups is 1. The van der Waals surface area contributed by atoms with Crippen LogP contribution in [-0.2, 0) is 4.79 Å². The van der Waals surface area contributed by atoms with Crippen LogP contribution in [-0.4, -0.2) is 28.1 Å². The largest absolute Gasteiger partial charge is 0.395 e. The first kappa shape index (κ1) is 10.1. The zero-order valence-electron chi connectivity index (χ0n) is 5.49. The van der Waals surface area contributed by atoms with Gasteiger partial charge in [0, 0.05) is 5.25 Å². The van der Waals surface area contributed by atoms with E-state index >= 15 is 0 Å². The zero-order chi connectivity index (χ0) is 7.98. The molecule has 0 rings (SSSR count). The van der Waals surface area contributed by atoms with Crippen molar-refractivity contribution in [3.63, 3.8) is 0 Å². The molecule has 0 aromatic carbocycles. The minimum atomic E-state index is -0.0575. The number of aliphatic hydroxyl groups is 1. The molecule has 0 aromatic rings. The quantitative estimate of drug-likeness (QED) is 0.368. The van der Waals surface area contributed by atoms with E-state index in [0.717, 1.165) is 0 Å². The van der Waals surface area contributed by atoms with Crippen molar-refractivity contribution in [2.24, 2.45) is 0 Å². The van der Waals surface area contributed by atoms with Crippen LogP contribution in [0.3, 0.4) is 0 Å². The lowest BCUT2D eigenvalue weighted by molar-refractivity contribution is -0.102. The smallest absolute Gasteiger partial charge is 0.156 e. The van der Waals surface area contributed by atoms with E-state index in [4.69, 9.17) is 5.11 Å². The number of rotatable bonds is 5. The molecule has 0 saturated heterocycles. The maximum atomic E-state index is 9.98. The van der Waals surface area contributed by atoms with Crippen molar-refractivity contribution in [3.05, 3.63) is 0 Å². The van der Waals surface area contributed by atoms with Crippen LogP contribution in [0.1, 0.15) is 12.8 Å². The molecule has 0 fully saturated rings. The SMILES string of the molecule is O=CC(=S)CC[C@@H](S)CO. The standard InChI is InChI=1S/C6H10O2S2/c7-3-5(9)1-2-6(10)4-8/h3,6,8,10H,1-2,4H2/t6-/m1/s1. The Bertz CT molecular complexity index is 125. The number of aldehydes is 1. The molecule has 0 aliphatic rings. The number of aliphatic hydroxyl groups excluding tert-OH is 1. The van der Waals surface area contributed by atoms with Crippen molar-refractivity contribution >= 4 is 36.0 Å². The fourth-order valence-electron chi connectivity index (χ4n) is 0.459. The monoisotopic (exact) mass is 178 g/mol. The van der Waals surface area contributed by atoms with Crippen LogP contribution in [0.25, 0.3) is 0 Å². The second-order valence-corrected chi connectivity index (χ2v) is 3.21. The molecule has 0 saturated carbocycles. The van der Waals surface area contributed by atoms with Crippen LogP contribution in [0.5, 0.6) is 0 Å². The maximum Gasteiger partial charge on any atom is 0.156 e. The molecule has 2 nitrogen and oxygen atoms in total. The van der Waals surface area contributed by atoms with Crippen LogP contribution in [0.4, 0.5) is 0 Å². The van der Waals surface area contributed by atoms with E-state index in [-0.39, 0.29) is 11.9 Å². The third kappa shape index (κ3) is 4.90. The Morgan fingerprint density at radius 1 is 1.80 bits per heavy atom. The summed E-state index contributed by atoms with van der Waals surface area (Å²) in [6.45, 7) is 0.0323. The summed E-state index contributed by atoms with van der Waals surface area (Å²) in [4.78, 5) is 10.4. The first-order valence-electron chi connectivity index (χ1n) is 2.97. The van der Waals surface area contributed by atoms with Crippen LogP contribution >= 0.6 is 24.8 Å². The molecule has 10 heavy (non-hydrogen) atoms. The average molecular weight is 178 g/mol. The lowest BCUT2D eigenvalue weighted by atomic mass is 10.2. The Hall–Kier alpha value is 0.0700. The fourth-order valence-corrected chi connectivity index (χ4v) is 0.706. The van der Waals surface area contributed by atoms with E-state index in [9.17, 15) is 4.79 Å². The van der Waals surface area contributed by atoms with E-state index in [0.29, 0.717) is 24.0 Å². The molecule has 1 N–H and O–H groups in total. The number of hydrogen-bond acceptors (Lipinski definition) is 4. The van der Waals surface area contributed by atoms with E-state index in [1.807, 2.05) is 0 Å². The summed E-state index contributed by atoms with van der Waals surface area (Å²) in [5.41, 5.74) is 0. The molecule has 0 aromatic heterocycles. The van der Waals surface area contributed by atoms with Gasteiger partial charge in [0.15, 0.2) is 6.29 Å². The van der Waals surface area contributed by atoms with E-state index < -0.39 is 0 Å². The average Bonchev–Trinajstić information content (AvgIpc) is 1.99. The van der Waals surface area contributed by atoms with Crippen molar-refractivity contribution in [3.8, 4) is 0 Å². The van der Waals surface area contributed by atoms with E-state index in [1.165, 1.54) is 0 Å². The van der Waals surface area contributed by atoms with Crippen LogP contribution in [0.15, 0.2) is 0 Å². The van der Waals surface area contributed by atoms with Gasteiger partial charge in [-0.2, -0.15) is 12.6 Å². The van der Waals surface area contributed by atoms with Crippen molar-refractivity contribution in [2.75, 3.05) is 6.61 Å². The van der Waals surface area contributed by atoms with Crippen molar-refractivity contribution in [1.29, 1.82) is 0 Å².